The summed E-state index contributed by atoms with van der Waals surface area (Å²) in [6.07, 6.45) is 0.319. The van der Waals surface area contributed by atoms with E-state index in [-0.39, 0.29) is 28.7 Å². The highest BCUT2D eigenvalue weighted by molar-refractivity contribution is 5.60. The smallest absolute Gasteiger partial charge is 0.280 e. The van der Waals surface area contributed by atoms with Crippen molar-refractivity contribution >= 4 is 0 Å². The molecule has 0 fully saturated rings. The zero-order chi connectivity index (χ0) is 20.4. The molecule has 0 aliphatic carbocycles. The number of benzene rings is 2. The highest BCUT2D eigenvalue weighted by Gasteiger charge is 2.23. The van der Waals surface area contributed by atoms with Crippen LogP contribution in [-0.4, -0.2) is 38.9 Å². The number of hydrogen-bond acceptors (Lipinski definition) is 6. The topological polar surface area (TPSA) is 78.9 Å². The van der Waals surface area contributed by atoms with Gasteiger partial charge in [-0.05, 0) is 30.3 Å². The SMILES string of the molecule is COCCc1c(-c2nc(-c3cc(F)ccc3F)no2)nnn1-c1ccccc1F. The molecule has 0 atom stereocenters. The van der Waals surface area contributed by atoms with E-state index in [1.807, 2.05) is 0 Å². The molecule has 0 amide bonds. The Hall–Kier alpha value is -3.53. The first-order valence-electron chi connectivity index (χ1n) is 8.56. The number of para-hydroxylation sites is 1. The molecule has 0 aliphatic rings. The minimum Gasteiger partial charge on any atom is -0.384 e. The van der Waals surface area contributed by atoms with Gasteiger partial charge in [-0.3, -0.25) is 0 Å². The molecule has 148 valence electrons. The number of rotatable bonds is 6. The van der Waals surface area contributed by atoms with Crippen molar-refractivity contribution in [2.75, 3.05) is 13.7 Å². The van der Waals surface area contributed by atoms with Crippen molar-refractivity contribution in [1.82, 2.24) is 25.1 Å². The van der Waals surface area contributed by atoms with Crippen LogP contribution in [0.1, 0.15) is 5.69 Å². The van der Waals surface area contributed by atoms with Gasteiger partial charge in [0, 0.05) is 13.5 Å². The lowest BCUT2D eigenvalue weighted by atomic mass is 10.2. The van der Waals surface area contributed by atoms with Crippen molar-refractivity contribution in [3.05, 3.63) is 65.6 Å². The number of halogens is 3. The summed E-state index contributed by atoms with van der Waals surface area (Å²) in [6.45, 7) is 0.300. The molecule has 0 radical (unpaired) electrons. The number of ether oxygens (including phenoxy) is 1. The van der Waals surface area contributed by atoms with E-state index in [0.29, 0.717) is 18.7 Å². The lowest BCUT2D eigenvalue weighted by Gasteiger charge is -2.07. The van der Waals surface area contributed by atoms with Crippen LogP contribution in [0.3, 0.4) is 0 Å². The van der Waals surface area contributed by atoms with Crippen LogP contribution in [0.5, 0.6) is 0 Å². The molecule has 0 saturated carbocycles. The predicted molar refractivity (Wildman–Crippen MR) is 95.5 cm³/mol. The second-order valence-corrected chi connectivity index (χ2v) is 6.04. The summed E-state index contributed by atoms with van der Waals surface area (Å²) in [6, 6.07) is 8.99. The summed E-state index contributed by atoms with van der Waals surface area (Å²) >= 11 is 0. The predicted octanol–water partition coefficient (Wildman–Crippen LogP) is 3.59. The van der Waals surface area contributed by atoms with Crippen LogP contribution in [0.15, 0.2) is 47.0 Å². The molecular weight excluding hydrogens is 387 g/mol. The van der Waals surface area contributed by atoms with Gasteiger partial charge in [-0.2, -0.15) is 4.98 Å². The molecule has 2 aromatic heterocycles. The second-order valence-electron chi connectivity index (χ2n) is 6.04. The fourth-order valence-corrected chi connectivity index (χ4v) is 2.81. The van der Waals surface area contributed by atoms with Gasteiger partial charge >= 0.3 is 0 Å². The van der Waals surface area contributed by atoms with E-state index in [0.717, 1.165) is 18.2 Å². The molecule has 10 heteroatoms. The van der Waals surface area contributed by atoms with E-state index in [1.165, 1.54) is 17.9 Å². The van der Waals surface area contributed by atoms with E-state index >= 15 is 0 Å². The molecule has 2 heterocycles. The molecule has 2 aromatic carbocycles. The average molecular weight is 401 g/mol. The molecule has 7 nitrogen and oxygen atoms in total. The van der Waals surface area contributed by atoms with Gasteiger partial charge in [-0.15, -0.1) is 5.10 Å². The summed E-state index contributed by atoms with van der Waals surface area (Å²) < 4.78 is 53.3. The first-order valence-corrected chi connectivity index (χ1v) is 8.56. The first kappa shape index (κ1) is 18.8. The number of aromatic nitrogens is 5. The Kier molecular flexibility index (Phi) is 5.09. The van der Waals surface area contributed by atoms with Gasteiger partial charge in [0.1, 0.15) is 23.1 Å². The fourth-order valence-electron chi connectivity index (χ4n) is 2.81. The maximum Gasteiger partial charge on any atom is 0.280 e. The third-order valence-corrected chi connectivity index (χ3v) is 4.18. The van der Waals surface area contributed by atoms with Crippen LogP contribution < -0.4 is 0 Å². The van der Waals surface area contributed by atoms with Crippen molar-refractivity contribution in [3.63, 3.8) is 0 Å². The van der Waals surface area contributed by atoms with Crippen LogP contribution >= 0.6 is 0 Å². The maximum atomic E-state index is 14.2. The van der Waals surface area contributed by atoms with E-state index in [1.54, 1.807) is 18.2 Å². The third-order valence-electron chi connectivity index (χ3n) is 4.18. The second kappa shape index (κ2) is 7.84. The van der Waals surface area contributed by atoms with Gasteiger partial charge < -0.3 is 9.26 Å². The summed E-state index contributed by atoms with van der Waals surface area (Å²) in [5.41, 5.74) is 0.695. The molecule has 4 rings (SSSR count). The number of nitrogens with zero attached hydrogens (tertiary/aromatic N) is 5. The minimum absolute atomic E-state index is 0.0580. The first-order chi connectivity index (χ1) is 14.1. The standard InChI is InChI=1S/C19H14F3N5O2/c1-28-9-8-16-17(24-26-27(16)15-5-3-2-4-14(15)22)19-23-18(25-29-19)12-10-11(20)6-7-13(12)21/h2-7,10H,8-9H2,1H3. The van der Waals surface area contributed by atoms with Crippen LogP contribution in [0.25, 0.3) is 28.7 Å². The van der Waals surface area contributed by atoms with E-state index in [4.69, 9.17) is 9.26 Å². The van der Waals surface area contributed by atoms with Crippen LogP contribution in [0.4, 0.5) is 13.2 Å². The maximum absolute atomic E-state index is 14.2. The quantitative estimate of drug-likeness (QED) is 0.491. The van der Waals surface area contributed by atoms with Crippen LogP contribution in [-0.2, 0) is 11.2 Å². The molecule has 0 spiro atoms. The summed E-state index contributed by atoms with van der Waals surface area (Å²) in [7, 11) is 1.52. The lowest BCUT2D eigenvalue weighted by Crippen LogP contribution is -2.07. The molecule has 0 unspecified atom stereocenters. The van der Waals surface area contributed by atoms with Crippen LogP contribution in [0.2, 0.25) is 0 Å². The van der Waals surface area contributed by atoms with Gasteiger partial charge in [0.2, 0.25) is 5.82 Å². The Balaban J connectivity index is 1.79. The van der Waals surface area contributed by atoms with Gasteiger partial charge in [0.05, 0.1) is 17.9 Å². The number of methoxy groups -OCH3 is 1. The highest BCUT2D eigenvalue weighted by atomic mass is 19.1. The van der Waals surface area contributed by atoms with Gasteiger partial charge in [0.25, 0.3) is 5.89 Å². The fraction of sp³-hybridized carbons (Fsp3) is 0.158. The zero-order valence-electron chi connectivity index (χ0n) is 15.1. The molecule has 4 aromatic rings. The molecule has 29 heavy (non-hydrogen) atoms. The Morgan fingerprint density at radius 1 is 1.07 bits per heavy atom. The van der Waals surface area contributed by atoms with Gasteiger partial charge in [0.15, 0.2) is 5.69 Å². The van der Waals surface area contributed by atoms with Crippen molar-refractivity contribution in [1.29, 1.82) is 0 Å². The lowest BCUT2D eigenvalue weighted by molar-refractivity contribution is 0.201. The van der Waals surface area contributed by atoms with Crippen molar-refractivity contribution < 1.29 is 22.4 Å². The largest absolute Gasteiger partial charge is 0.384 e. The Labute approximate surface area is 162 Å². The normalized spacial score (nSPS) is 11.2. The van der Waals surface area contributed by atoms with E-state index in [2.05, 4.69) is 20.5 Å². The van der Waals surface area contributed by atoms with Crippen molar-refractivity contribution in [3.8, 4) is 28.7 Å². The van der Waals surface area contributed by atoms with E-state index < -0.39 is 17.5 Å². The Bertz CT molecular complexity index is 1160. The molecule has 0 N–H and O–H groups in total. The monoisotopic (exact) mass is 401 g/mol. The summed E-state index contributed by atoms with van der Waals surface area (Å²) in [4.78, 5) is 4.12. The zero-order valence-corrected chi connectivity index (χ0v) is 15.1. The van der Waals surface area contributed by atoms with Crippen molar-refractivity contribution in [2.45, 2.75) is 6.42 Å². The molecule has 0 aliphatic heterocycles. The molecular formula is C19H14F3N5O2. The molecule has 0 saturated heterocycles. The summed E-state index contributed by atoms with van der Waals surface area (Å²) in [5.74, 6) is -2.03. The Morgan fingerprint density at radius 2 is 1.90 bits per heavy atom. The minimum atomic E-state index is -0.701. The number of hydrogen-bond donors (Lipinski definition) is 0. The third kappa shape index (κ3) is 3.61. The highest BCUT2D eigenvalue weighted by Crippen LogP contribution is 2.27. The van der Waals surface area contributed by atoms with Gasteiger partial charge in [-0.25, -0.2) is 17.9 Å². The van der Waals surface area contributed by atoms with Crippen molar-refractivity contribution in [2.24, 2.45) is 0 Å². The van der Waals surface area contributed by atoms with Gasteiger partial charge in [-0.1, -0.05) is 22.5 Å². The summed E-state index contributed by atoms with van der Waals surface area (Å²) in [5, 5.41) is 11.7. The Morgan fingerprint density at radius 3 is 2.69 bits per heavy atom. The van der Waals surface area contributed by atoms with E-state index in [9.17, 15) is 13.2 Å². The molecule has 0 bridgehead atoms. The average Bonchev–Trinajstić information content (AvgIpc) is 3.35. The van der Waals surface area contributed by atoms with Crippen LogP contribution in [0, 0.1) is 17.5 Å².